The van der Waals surface area contributed by atoms with Crippen LogP contribution in [-0.4, -0.2) is 39.3 Å². The highest BCUT2D eigenvalue weighted by molar-refractivity contribution is 7.92. The van der Waals surface area contributed by atoms with Crippen LogP contribution in [0, 0.1) is 0 Å². The second-order valence-electron chi connectivity index (χ2n) is 7.77. The first-order valence-corrected chi connectivity index (χ1v) is 11.4. The molecule has 0 radical (unpaired) electrons. The van der Waals surface area contributed by atoms with E-state index in [1.807, 2.05) is 51.1 Å². The van der Waals surface area contributed by atoms with Crippen LogP contribution in [0.5, 0.6) is 5.75 Å². The van der Waals surface area contributed by atoms with Gasteiger partial charge in [0.15, 0.2) is 6.10 Å². The molecule has 0 spiro atoms. The number of hydrogen-bond acceptors (Lipinski definition) is 4. The molecule has 2 aromatic carbocycles. The average molecular weight is 419 g/mol. The van der Waals surface area contributed by atoms with Gasteiger partial charge in [0.1, 0.15) is 5.75 Å². The predicted octanol–water partition coefficient (Wildman–Crippen LogP) is 3.38. The monoisotopic (exact) mass is 418 g/mol. The van der Waals surface area contributed by atoms with Crippen molar-refractivity contribution in [1.82, 2.24) is 5.32 Å². The molecule has 1 unspecified atom stereocenters. The Morgan fingerprint density at radius 2 is 1.69 bits per heavy atom. The summed E-state index contributed by atoms with van der Waals surface area (Å²) < 4.78 is 30.3. The summed E-state index contributed by atoms with van der Waals surface area (Å²) in [6.45, 7) is 5.86. The molecule has 6 nitrogen and oxygen atoms in total. The lowest BCUT2D eigenvalue weighted by Crippen LogP contribution is -2.50. The molecule has 0 fully saturated rings. The second kappa shape index (κ2) is 9.31. The van der Waals surface area contributed by atoms with Crippen LogP contribution >= 0.6 is 0 Å². The third kappa shape index (κ3) is 6.78. The van der Waals surface area contributed by atoms with E-state index in [4.69, 9.17) is 4.74 Å². The molecule has 1 atom stereocenters. The summed E-state index contributed by atoms with van der Waals surface area (Å²) in [5.74, 6) is 0.337. The first-order valence-electron chi connectivity index (χ1n) is 9.58. The maximum absolute atomic E-state index is 12.8. The minimum absolute atomic E-state index is 0.175. The number of sulfonamides is 1. The van der Waals surface area contributed by atoms with Crippen molar-refractivity contribution in [3.8, 4) is 5.75 Å². The fraction of sp³-hybridized carbons (Fsp3) is 0.409. The quantitative estimate of drug-likeness (QED) is 0.677. The minimum Gasteiger partial charge on any atom is -0.481 e. The van der Waals surface area contributed by atoms with Gasteiger partial charge in [0.25, 0.3) is 5.91 Å². The van der Waals surface area contributed by atoms with Gasteiger partial charge in [-0.3, -0.25) is 9.10 Å². The zero-order valence-corrected chi connectivity index (χ0v) is 18.5. The average Bonchev–Trinajstić information content (AvgIpc) is 2.65. The van der Waals surface area contributed by atoms with Crippen molar-refractivity contribution in [2.45, 2.75) is 45.3 Å². The van der Waals surface area contributed by atoms with Crippen LogP contribution in [0.25, 0.3) is 0 Å². The zero-order valence-electron chi connectivity index (χ0n) is 17.7. The normalized spacial score (nSPS) is 12.9. The van der Waals surface area contributed by atoms with E-state index in [-0.39, 0.29) is 5.91 Å². The summed E-state index contributed by atoms with van der Waals surface area (Å²) in [6.07, 6.45) is 1.73. The molecule has 0 saturated carbocycles. The van der Waals surface area contributed by atoms with E-state index < -0.39 is 21.7 Å². The molecule has 0 aromatic heterocycles. The Labute approximate surface area is 173 Å². The summed E-state index contributed by atoms with van der Waals surface area (Å²) in [5.41, 5.74) is 1.26. The fourth-order valence-electron chi connectivity index (χ4n) is 2.98. The van der Waals surface area contributed by atoms with Crippen LogP contribution < -0.4 is 14.4 Å². The lowest BCUT2D eigenvalue weighted by molar-refractivity contribution is -0.129. The van der Waals surface area contributed by atoms with Crippen molar-refractivity contribution < 1.29 is 17.9 Å². The van der Waals surface area contributed by atoms with Gasteiger partial charge >= 0.3 is 0 Å². The second-order valence-corrected chi connectivity index (χ2v) is 9.79. The van der Waals surface area contributed by atoms with Gasteiger partial charge in [0, 0.05) is 12.6 Å². The van der Waals surface area contributed by atoms with E-state index in [9.17, 15) is 13.2 Å². The molecule has 0 heterocycles. The maximum atomic E-state index is 12.8. The number of anilines is 1. The summed E-state index contributed by atoms with van der Waals surface area (Å²) >= 11 is 0. The summed E-state index contributed by atoms with van der Waals surface area (Å²) in [6, 6.07) is 16.7. The van der Waals surface area contributed by atoms with Gasteiger partial charge in [0.05, 0.1) is 11.9 Å². The maximum Gasteiger partial charge on any atom is 0.261 e. The molecule has 0 saturated heterocycles. The molecule has 0 bridgehead atoms. The van der Waals surface area contributed by atoms with Crippen LogP contribution in [-0.2, 0) is 21.2 Å². The number of benzene rings is 2. The van der Waals surface area contributed by atoms with Gasteiger partial charge in [0.2, 0.25) is 10.0 Å². The first-order chi connectivity index (χ1) is 13.5. The van der Waals surface area contributed by atoms with E-state index in [2.05, 4.69) is 5.32 Å². The molecule has 0 aliphatic carbocycles. The summed E-state index contributed by atoms with van der Waals surface area (Å²) in [7, 11) is -1.84. The Kier molecular flexibility index (Phi) is 7.30. The Balaban J connectivity index is 2.02. The number of ether oxygens (including phenoxy) is 1. The fourth-order valence-corrected chi connectivity index (χ4v) is 3.48. The highest BCUT2D eigenvalue weighted by Crippen LogP contribution is 2.22. The van der Waals surface area contributed by atoms with Gasteiger partial charge < -0.3 is 10.1 Å². The molecule has 0 aliphatic rings. The summed E-state index contributed by atoms with van der Waals surface area (Å²) in [4.78, 5) is 12.8. The topological polar surface area (TPSA) is 75.7 Å². The number of carbonyl (C=O) groups excluding carboxylic acids is 1. The Bertz CT molecular complexity index is 910. The number of nitrogens with one attached hydrogen (secondary N) is 1. The van der Waals surface area contributed by atoms with E-state index in [0.717, 1.165) is 11.8 Å². The number of nitrogens with zero attached hydrogens (tertiary/aromatic N) is 1. The largest absolute Gasteiger partial charge is 0.481 e. The van der Waals surface area contributed by atoms with Crippen molar-refractivity contribution in [2.75, 3.05) is 17.6 Å². The van der Waals surface area contributed by atoms with Crippen molar-refractivity contribution in [3.05, 3.63) is 60.2 Å². The smallest absolute Gasteiger partial charge is 0.261 e. The van der Waals surface area contributed by atoms with Gasteiger partial charge in [-0.15, -0.1) is 0 Å². The van der Waals surface area contributed by atoms with Crippen LogP contribution in [0.2, 0.25) is 0 Å². The molecule has 1 amide bonds. The van der Waals surface area contributed by atoms with Crippen LogP contribution in [0.4, 0.5) is 5.69 Å². The molecule has 0 aliphatic heterocycles. The third-order valence-electron chi connectivity index (χ3n) is 4.59. The van der Waals surface area contributed by atoms with Crippen LogP contribution in [0.15, 0.2) is 54.6 Å². The first kappa shape index (κ1) is 22.7. The van der Waals surface area contributed by atoms with Crippen molar-refractivity contribution in [3.63, 3.8) is 0 Å². The lowest BCUT2D eigenvalue weighted by atomic mass is 9.94. The van der Waals surface area contributed by atoms with Crippen molar-refractivity contribution >= 4 is 21.6 Å². The Morgan fingerprint density at radius 3 is 2.21 bits per heavy atom. The predicted molar refractivity (Wildman–Crippen MR) is 117 cm³/mol. The lowest BCUT2D eigenvalue weighted by Gasteiger charge is -2.29. The van der Waals surface area contributed by atoms with E-state index >= 15 is 0 Å². The van der Waals surface area contributed by atoms with E-state index in [0.29, 0.717) is 24.3 Å². The molecule has 7 heteroatoms. The number of amides is 1. The molecule has 158 valence electrons. The van der Waals surface area contributed by atoms with Crippen molar-refractivity contribution in [1.29, 1.82) is 0 Å². The number of rotatable bonds is 9. The molecule has 29 heavy (non-hydrogen) atoms. The van der Waals surface area contributed by atoms with Gasteiger partial charge in [-0.25, -0.2) is 8.42 Å². The van der Waals surface area contributed by atoms with E-state index in [1.54, 1.807) is 24.3 Å². The Hall–Kier alpha value is -2.54. The molecule has 1 N–H and O–H groups in total. The third-order valence-corrected chi connectivity index (χ3v) is 5.80. The Morgan fingerprint density at radius 1 is 1.10 bits per heavy atom. The molecular weight excluding hydrogens is 388 g/mol. The highest BCUT2D eigenvalue weighted by Gasteiger charge is 2.26. The molecule has 2 aromatic rings. The van der Waals surface area contributed by atoms with E-state index in [1.165, 1.54) is 11.4 Å². The highest BCUT2D eigenvalue weighted by atomic mass is 32.2. The van der Waals surface area contributed by atoms with Crippen molar-refractivity contribution in [2.24, 2.45) is 0 Å². The molecule has 2 rings (SSSR count). The van der Waals surface area contributed by atoms with Gasteiger partial charge in [-0.2, -0.15) is 0 Å². The van der Waals surface area contributed by atoms with Gasteiger partial charge in [-0.1, -0.05) is 37.3 Å². The zero-order chi connectivity index (χ0) is 21.7. The van der Waals surface area contributed by atoms with Crippen LogP contribution in [0.1, 0.15) is 32.8 Å². The van der Waals surface area contributed by atoms with Gasteiger partial charge in [-0.05, 0) is 56.5 Å². The molecular formula is C22H30N2O4S. The summed E-state index contributed by atoms with van der Waals surface area (Å²) in [5, 5.41) is 3.07. The number of hydrogen-bond donors (Lipinski definition) is 1. The minimum atomic E-state index is -3.33. The number of carbonyl (C=O) groups is 1. The standard InChI is InChI=1S/C22H30N2O4S/c1-6-20(21(25)23-22(2,3)16-17-10-8-7-9-11-17)28-19-14-12-18(13-15-19)24(4)29(5,26)27/h7-15,20H,6,16H2,1-5H3,(H,23,25). The van der Waals surface area contributed by atoms with Crippen LogP contribution in [0.3, 0.4) is 0 Å². The SMILES string of the molecule is CCC(Oc1ccc(N(C)S(C)(=O)=O)cc1)C(=O)NC(C)(C)Cc1ccccc1.